The molecule has 2 N–H and O–H groups in total. The molecule has 1 amide bonds. The molecule has 7 heteroatoms. The van der Waals surface area contributed by atoms with Crippen molar-refractivity contribution in [2.45, 2.75) is 32.3 Å². The van der Waals surface area contributed by atoms with Gasteiger partial charge in [-0.2, -0.15) is 0 Å². The van der Waals surface area contributed by atoms with Gasteiger partial charge in [-0.1, -0.05) is 32.9 Å². The summed E-state index contributed by atoms with van der Waals surface area (Å²) < 4.78 is 9.96. The normalized spacial score (nSPS) is 19.2. The molecular weight excluding hydrogens is 336 g/mol. The fourth-order valence-electron chi connectivity index (χ4n) is 2.38. The van der Waals surface area contributed by atoms with E-state index in [2.05, 4.69) is 36.1 Å². The highest BCUT2D eigenvalue weighted by molar-refractivity contribution is 5.99. The molecule has 2 rings (SSSR count). The predicted molar refractivity (Wildman–Crippen MR) is 95.5 cm³/mol. The van der Waals surface area contributed by atoms with Gasteiger partial charge < -0.3 is 20.1 Å². The average Bonchev–Trinajstić information content (AvgIpc) is 2.77. The van der Waals surface area contributed by atoms with Gasteiger partial charge in [0.25, 0.3) is 5.91 Å². The van der Waals surface area contributed by atoms with E-state index >= 15 is 0 Å². The summed E-state index contributed by atoms with van der Waals surface area (Å²) in [5.41, 5.74) is 1.64. The number of hydrogen-bond acceptors (Lipinski definition) is 6. The zero-order valence-corrected chi connectivity index (χ0v) is 15.4. The number of amides is 1. The Labute approximate surface area is 152 Å². The number of rotatable bonds is 3. The van der Waals surface area contributed by atoms with Crippen molar-refractivity contribution in [1.29, 1.82) is 0 Å². The second-order valence-electron chi connectivity index (χ2n) is 7.03. The van der Waals surface area contributed by atoms with Crippen LogP contribution in [-0.2, 0) is 24.5 Å². The van der Waals surface area contributed by atoms with E-state index in [1.807, 2.05) is 12.1 Å². The molecule has 0 aromatic heterocycles. The van der Waals surface area contributed by atoms with Gasteiger partial charge >= 0.3 is 11.9 Å². The van der Waals surface area contributed by atoms with Crippen molar-refractivity contribution in [1.82, 2.24) is 10.6 Å². The van der Waals surface area contributed by atoms with Gasteiger partial charge in [0, 0.05) is 0 Å². The Balaban J connectivity index is 2.00. The Bertz CT molecular complexity index is 716. The minimum Gasteiger partial charge on any atom is -0.466 e. The maximum atomic E-state index is 12.3. The molecule has 0 unspecified atom stereocenters. The molecule has 1 fully saturated rings. The topological polar surface area (TPSA) is 93.7 Å². The molecule has 26 heavy (non-hydrogen) atoms. The zero-order chi connectivity index (χ0) is 19.3. The third-order valence-electron chi connectivity index (χ3n) is 3.98. The lowest BCUT2D eigenvalue weighted by atomic mass is 9.87. The van der Waals surface area contributed by atoms with E-state index in [4.69, 9.17) is 4.74 Å². The molecule has 0 spiro atoms. The Morgan fingerprint density at radius 3 is 2.31 bits per heavy atom. The summed E-state index contributed by atoms with van der Waals surface area (Å²) in [6, 6.07) is 7.27. The molecule has 1 aliphatic heterocycles. The SMILES string of the molecule is COC(=O)/C=C1/NC[C@@H](OC(=O)c2ccc(C(C)(C)C)cc2)CNC1=O. The van der Waals surface area contributed by atoms with Gasteiger partial charge in [-0.25, -0.2) is 9.59 Å². The average molecular weight is 360 g/mol. The maximum absolute atomic E-state index is 12.3. The Kier molecular flexibility index (Phi) is 6.02. The third kappa shape index (κ3) is 5.08. The number of benzene rings is 1. The van der Waals surface area contributed by atoms with Crippen LogP contribution in [0, 0.1) is 0 Å². The highest BCUT2D eigenvalue weighted by Crippen LogP contribution is 2.22. The lowest BCUT2D eigenvalue weighted by Gasteiger charge is -2.19. The van der Waals surface area contributed by atoms with Crippen molar-refractivity contribution < 1.29 is 23.9 Å². The Morgan fingerprint density at radius 2 is 1.73 bits per heavy atom. The number of esters is 2. The Morgan fingerprint density at radius 1 is 1.12 bits per heavy atom. The molecule has 1 aromatic carbocycles. The quantitative estimate of drug-likeness (QED) is 0.623. The smallest absolute Gasteiger partial charge is 0.338 e. The first-order valence-electron chi connectivity index (χ1n) is 8.34. The summed E-state index contributed by atoms with van der Waals surface area (Å²) in [6.07, 6.45) is 0.502. The van der Waals surface area contributed by atoms with Gasteiger partial charge in [0.2, 0.25) is 0 Å². The molecule has 0 radical (unpaired) electrons. The van der Waals surface area contributed by atoms with Crippen LogP contribution in [-0.4, -0.2) is 44.1 Å². The van der Waals surface area contributed by atoms with Gasteiger partial charge in [-0.05, 0) is 23.1 Å². The summed E-state index contributed by atoms with van der Waals surface area (Å²) in [5, 5.41) is 5.41. The second kappa shape index (κ2) is 8.03. The first-order chi connectivity index (χ1) is 12.2. The maximum Gasteiger partial charge on any atom is 0.338 e. The fraction of sp³-hybridized carbons (Fsp3) is 0.421. The molecule has 1 aliphatic rings. The van der Waals surface area contributed by atoms with E-state index < -0.39 is 23.9 Å². The zero-order valence-electron chi connectivity index (χ0n) is 15.4. The van der Waals surface area contributed by atoms with Gasteiger partial charge in [-0.15, -0.1) is 0 Å². The molecule has 7 nitrogen and oxygen atoms in total. The van der Waals surface area contributed by atoms with E-state index in [0.29, 0.717) is 5.56 Å². The number of methoxy groups -OCH3 is 1. The Hall–Kier alpha value is -2.83. The number of carbonyl (C=O) groups is 3. The molecule has 1 saturated heterocycles. The molecule has 0 saturated carbocycles. The largest absolute Gasteiger partial charge is 0.466 e. The summed E-state index contributed by atoms with van der Waals surface area (Å²) in [6.45, 7) is 6.64. The first-order valence-corrected chi connectivity index (χ1v) is 8.34. The predicted octanol–water partition coefficient (Wildman–Crippen LogP) is 1.29. The van der Waals surface area contributed by atoms with E-state index in [1.165, 1.54) is 7.11 Å². The van der Waals surface area contributed by atoms with Gasteiger partial charge in [0.15, 0.2) is 0 Å². The van der Waals surface area contributed by atoms with E-state index in [-0.39, 0.29) is 24.2 Å². The minimum absolute atomic E-state index is 0.000295. The van der Waals surface area contributed by atoms with Gasteiger partial charge in [0.05, 0.1) is 31.8 Å². The van der Waals surface area contributed by atoms with Crippen LogP contribution in [0.15, 0.2) is 36.0 Å². The summed E-state index contributed by atoms with van der Waals surface area (Å²) >= 11 is 0. The van der Waals surface area contributed by atoms with Gasteiger partial charge in [-0.3, -0.25) is 4.79 Å². The fourth-order valence-corrected chi connectivity index (χ4v) is 2.38. The van der Waals surface area contributed by atoms with Gasteiger partial charge in [0.1, 0.15) is 11.8 Å². The van der Waals surface area contributed by atoms with Crippen molar-refractivity contribution in [2.24, 2.45) is 0 Å². The summed E-state index contributed by atoms with van der Waals surface area (Å²) in [4.78, 5) is 35.5. The molecular formula is C19H24N2O5. The second-order valence-corrected chi connectivity index (χ2v) is 7.03. The molecule has 1 heterocycles. The van der Waals surface area contributed by atoms with E-state index in [1.54, 1.807) is 12.1 Å². The number of carbonyl (C=O) groups excluding carboxylic acids is 3. The third-order valence-corrected chi connectivity index (χ3v) is 3.98. The van der Waals surface area contributed by atoms with Crippen molar-refractivity contribution in [3.05, 3.63) is 47.2 Å². The van der Waals surface area contributed by atoms with Crippen LogP contribution in [0.2, 0.25) is 0 Å². The number of nitrogens with one attached hydrogen (secondary N) is 2. The summed E-state index contributed by atoms with van der Waals surface area (Å²) in [5.74, 6) is -1.56. The van der Waals surface area contributed by atoms with E-state index in [0.717, 1.165) is 11.6 Å². The standard InChI is InChI=1S/C19H24N2O5/c1-19(2,3)13-7-5-12(6-8-13)18(24)26-14-10-20-15(9-16(22)25-4)17(23)21-11-14/h5-9,14,20H,10-11H2,1-4H3,(H,21,23)/b15-9+/t14-/m1/s1. The van der Waals surface area contributed by atoms with Crippen molar-refractivity contribution in [3.63, 3.8) is 0 Å². The molecule has 1 aromatic rings. The lowest BCUT2D eigenvalue weighted by Crippen LogP contribution is -2.34. The lowest BCUT2D eigenvalue weighted by molar-refractivity contribution is -0.135. The van der Waals surface area contributed by atoms with Crippen LogP contribution in [0.25, 0.3) is 0 Å². The molecule has 0 aliphatic carbocycles. The highest BCUT2D eigenvalue weighted by Gasteiger charge is 2.24. The summed E-state index contributed by atoms with van der Waals surface area (Å²) in [7, 11) is 1.23. The highest BCUT2D eigenvalue weighted by atomic mass is 16.5. The van der Waals surface area contributed by atoms with Crippen LogP contribution >= 0.6 is 0 Å². The number of ether oxygens (including phenoxy) is 2. The van der Waals surface area contributed by atoms with Crippen molar-refractivity contribution in [2.75, 3.05) is 20.2 Å². The monoisotopic (exact) mass is 360 g/mol. The van der Waals surface area contributed by atoms with Crippen LogP contribution in [0.4, 0.5) is 0 Å². The first kappa shape index (κ1) is 19.5. The minimum atomic E-state index is -0.642. The van der Waals surface area contributed by atoms with Crippen molar-refractivity contribution in [3.8, 4) is 0 Å². The van der Waals surface area contributed by atoms with E-state index in [9.17, 15) is 14.4 Å². The molecule has 0 bridgehead atoms. The molecule has 1 atom stereocenters. The number of hydrogen-bond donors (Lipinski definition) is 2. The van der Waals surface area contributed by atoms with Crippen LogP contribution in [0.3, 0.4) is 0 Å². The van der Waals surface area contributed by atoms with Crippen molar-refractivity contribution >= 4 is 17.8 Å². The molecule has 140 valence electrons. The van der Waals surface area contributed by atoms with Crippen LogP contribution in [0.5, 0.6) is 0 Å². The van der Waals surface area contributed by atoms with Crippen LogP contribution in [0.1, 0.15) is 36.7 Å². The van der Waals surface area contributed by atoms with Crippen LogP contribution < -0.4 is 10.6 Å².